The number of piperazine rings is 1. The largest absolute Gasteiger partial charge is 0.445 e. The van der Waals surface area contributed by atoms with Crippen LogP contribution in [0.2, 0.25) is 0 Å². The van der Waals surface area contributed by atoms with Gasteiger partial charge in [0.1, 0.15) is 12.2 Å². The van der Waals surface area contributed by atoms with Gasteiger partial charge in [-0.05, 0) is 26.3 Å². The summed E-state index contributed by atoms with van der Waals surface area (Å²) in [5, 5.41) is 0. The molecule has 0 saturated carbocycles. The highest BCUT2D eigenvalue weighted by atomic mass is 16.6. The van der Waals surface area contributed by atoms with E-state index in [0.29, 0.717) is 26.2 Å². The number of carbonyl (C=O) groups is 2. The van der Waals surface area contributed by atoms with Crippen molar-refractivity contribution in [3.63, 3.8) is 0 Å². The minimum atomic E-state index is -0.556. The number of rotatable bonds is 4. The van der Waals surface area contributed by atoms with Crippen molar-refractivity contribution in [2.75, 3.05) is 33.4 Å². The highest BCUT2D eigenvalue weighted by Gasteiger charge is 2.35. The second-order valence-corrected chi connectivity index (χ2v) is 7.27. The quantitative estimate of drug-likeness (QED) is 0.822. The van der Waals surface area contributed by atoms with E-state index in [4.69, 9.17) is 14.2 Å². The Morgan fingerprint density at radius 1 is 1.12 bits per heavy atom. The first kappa shape index (κ1) is 20.0. The van der Waals surface area contributed by atoms with Crippen LogP contribution in [0, 0.1) is 0 Å². The standard InChI is InChI=1S/C19H28N2O5/c1-19(2,3)26-17(22)20-10-11-21(16(12-20)14-24-4)18(23)25-13-15-8-6-5-7-9-15/h5-9,16H,10-14H2,1-4H3/t16-/m0/s1. The maximum absolute atomic E-state index is 12.5. The summed E-state index contributed by atoms with van der Waals surface area (Å²) < 4.78 is 16.1. The number of amides is 2. The summed E-state index contributed by atoms with van der Waals surface area (Å²) in [6.45, 7) is 7.14. The zero-order chi connectivity index (χ0) is 19.2. The lowest BCUT2D eigenvalue weighted by Gasteiger charge is -2.40. The molecule has 144 valence electrons. The third-order valence-electron chi connectivity index (χ3n) is 3.93. The van der Waals surface area contributed by atoms with Gasteiger partial charge in [0.25, 0.3) is 0 Å². The van der Waals surface area contributed by atoms with Gasteiger partial charge in [0, 0.05) is 26.7 Å². The van der Waals surface area contributed by atoms with E-state index in [9.17, 15) is 9.59 Å². The average molecular weight is 364 g/mol. The van der Waals surface area contributed by atoms with Gasteiger partial charge < -0.3 is 19.1 Å². The predicted molar refractivity (Wildman–Crippen MR) is 96.8 cm³/mol. The Hall–Kier alpha value is -2.28. The van der Waals surface area contributed by atoms with Crippen LogP contribution in [-0.2, 0) is 20.8 Å². The zero-order valence-electron chi connectivity index (χ0n) is 15.9. The maximum Gasteiger partial charge on any atom is 0.410 e. The van der Waals surface area contributed by atoms with Gasteiger partial charge in [-0.1, -0.05) is 30.3 Å². The van der Waals surface area contributed by atoms with Crippen LogP contribution >= 0.6 is 0 Å². The Morgan fingerprint density at radius 3 is 2.42 bits per heavy atom. The summed E-state index contributed by atoms with van der Waals surface area (Å²) >= 11 is 0. The minimum absolute atomic E-state index is 0.214. The van der Waals surface area contributed by atoms with Crippen molar-refractivity contribution in [2.24, 2.45) is 0 Å². The molecule has 1 aromatic rings. The summed E-state index contributed by atoms with van der Waals surface area (Å²) in [6, 6.07) is 9.24. The Kier molecular flexibility index (Phi) is 6.85. The molecule has 0 radical (unpaired) electrons. The molecule has 1 aliphatic rings. The molecule has 1 fully saturated rings. The second-order valence-electron chi connectivity index (χ2n) is 7.27. The highest BCUT2D eigenvalue weighted by Crippen LogP contribution is 2.16. The first-order chi connectivity index (χ1) is 12.3. The molecule has 1 aromatic carbocycles. The van der Waals surface area contributed by atoms with Gasteiger partial charge in [0.15, 0.2) is 0 Å². The van der Waals surface area contributed by atoms with Gasteiger partial charge in [-0.15, -0.1) is 0 Å². The van der Waals surface area contributed by atoms with Crippen LogP contribution in [0.15, 0.2) is 30.3 Å². The van der Waals surface area contributed by atoms with Gasteiger partial charge in [-0.3, -0.25) is 4.90 Å². The fourth-order valence-corrected chi connectivity index (χ4v) is 2.73. The van der Waals surface area contributed by atoms with Gasteiger partial charge in [-0.2, -0.15) is 0 Å². The summed E-state index contributed by atoms with van der Waals surface area (Å²) in [5.74, 6) is 0. The summed E-state index contributed by atoms with van der Waals surface area (Å²) in [5.41, 5.74) is 0.371. The van der Waals surface area contributed by atoms with Gasteiger partial charge in [0.2, 0.25) is 0 Å². The predicted octanol–water partition coefficient (Wildman–Crippen LogP) is 2.89. The van der Waals surface area contributed by atoms with Crippen LogP contribution in [0.5, 0.6) is 0 Å². The number of carbonyl (C=O) groups excluding carboxylic acids is 2. The number of hydrogen-bond acceptors (Lipinski definition) is 5. The van der Waals surface area contributed by atoms with E-state index in [1.54, 1.807) is 16.9 Å². The Balaban J connectivity index is 1.94. The number of nitrogens with zero attached hydrogens (tertiary/aromatic N) is 2. The molecule has 1 heterocycles. The van der Waals surface area contributed by atoms with Crippen molar-refractivity contribution < 1.29 is 23.8 Å². The van der Waals surface area contributed by atoms with Crippen LogP contribution < -0.4 is 0 Å². The van der Waals surface area contributed by atoms with Crippen molar-refractivity contribution in [1.29, 1.82) is 0 Å². The second kappa shape index (κ2) is 8.89. The summed E-state index contributed by atoms with van der Waals surface area (Å²) in [4.78, 5) is 28.0. The van der Waals surface area contributed by atoms with E-state index in [1.807, 2.05) is 51.1 Å². The molecule has 1 saturated heterocycles. The molecule has 2 rings (SSSR count). The summed E-state index contributed by atoms with van der Waals surface area (Å²) in [6.07, 6.45) is -0.782. The molecule has 1 aliphatic heterocycles. The Morgan fingerprint density at radius 2 is 1.81 bits per heavy atom. The number of ether oxygens (including phenoxy) is 3. The molecule has 26 heavy (non-hydrogen) atoms. The minimum Gasteiger partial charge on any atom is -0.445 e. The van der Waals surface area contributed by atoms with Crippen LogP contribution in [0.4, 0.5) is 9.59 Å². The van der Waals surface area contributed by atoms with E-state index in [2.05, 4.69) is 0 Å². The zero-order valence-corrected chi connectivity index (χ0v) is 15.9. The van der Waals surface area contributed by atoms with E-state index in [0.717, 1.165) is 5.56 Å². The molecule has 2 amide bonds. The molecule has 0 unspecified atom stereocenters. The van der Waals surface area contributed by atoms with E-state index in [-0.39, 0.29) is 18.7 Å². The molecule has 0 spiro atoms. The monoisotopic (exact) mass is 364 g/mol. The fraction of sp³-hybridized carbons (Fsp3) is 0.579. The molecule has 7 nitrogen and oxygen atoms in total. The van der Waals surface area contributed by atoms with Crippen LogP contribution in [0.3, 0.4) is 0 Å². The first-order valence-corrected chi connectivity index (χ1v) is 8.74. The van der Waals surface area contributed by atoms with Crippen molar-refractivity contribution in [3.05, 3.63) is 35.9 Å². The van der Waals surface area contributed by atoms with E-state index >= 15 is 0 Å². The Bertz CT molecular complexity index is 600. The Labute approximate surface area is 154 Å². The van der Waals surface area contributed by atoms with Crippen molar-refractivity contribution in [2.45, 2.75) is 39.0 Å². The maximum atomic E-state index is 12.5. The topological polar surface area (TPSA) is 68.3 Å². The molecule has 7 heteroatoms. The van der Waals surface area contributed by atoms with Gasteiger partial charge in [0.05, 0.1) is 12.6 Å². The third kappa shape index (κ3) is 5.91. The summed E-state index contributed by atoms with van der Waals surface area (Å²) in [7, 11) is 1.57. The lowest BCUT2D eigenvalue weighted by molar-refractivity contribution is -0.0108. The average Bonchev–Trinajstić information content (AvgIpc) is 2.59. The number of benzene rings is 1. The third-order valence-corrected chi connectivity index (χ3v) is 3.93. The number of hydrogen-bond donors (Lipinski definition) is 0. The van der Waals surface area contributed by atoms with Crippen molar-refractivity contribution in [3.8, 4) is 0 Å². The van der Waals surface area contributed by atoms with Crippen LogP contribution in [0.1, 0.15) is 26.3 Å². The van der Waals surface area contributed by atoms with Crippen LogP contribution in [0.25, 0.3) is 0 Å². The number of methoxy groups -OCH3 is 1. The molecule has 0 N–H and O–H groups in total. The fourth-order valence-electron chi connectivity index (χ4n) is 2.73. The molecule has 0 aliphatic carbocycles. The van der Waals surface area contributed by atoms with E-state index in [1.165, 1.54) is 0 Å². The van der Waals surface area contributed by atoms with Gasteiger partial charge in [-0.25, -0.2) is 9.59 Å². The molecular weight excluding hydrogens is 336 g/mol. The van der Waals surface area contributed by atoms with E-state index < -0.39 is 11.7 Å². The molecule has 0 bridgehead atoms. The van der Waals surface area contributed by atoms with Crippen LogP contribution in [-0.4, -0.2) is 67.0 Å². The smallest absolute Gasteiger partial charge is 0.410 e. The molecular formula is C19H28N2O5. The lowest BCUT2D eigenvalue weighted by Crippen LogP contribution is -2.58. The SMILES string of the molecule is COC[C@@H]1CN(C(=O)OC(C)(C)C)CCN1C(=O)OCc1ccccc1. The van der Waals surface area contributed by atoms with Gasteiger partial charge >= 0.3 is 12.2 Å². The first-order valence-electron chi connectivity index (χ1n) is 8.74. The highest BCUT2D eigenvalue weighted by molar-refractivity contribution is 5.71. The normalized spacial score (nSPS) is 17.8. The molecule has 1 atom stereocenters. The van der Waals surface area contributed by atoms with Crippen molar-refractivity contribution in [1.82, 2.24) is 9.80 Å². The van der Waals surface area contributed by atoms with Crippen molar-refractivity contribution >= 4 is 12.2 Å². The lowest BCUT2D eigenvalue weighted by atomic mass is 10.2. The molecule has 0 aromatic heterocycles.